The Hall–Kier alpha value is -1.03. The van der Waals surface area contributed by atoms with Crippen molar-refractivity contribution in [3.8, 4) is 0 Å². The summed E-state index contributed by atoms with van der Waals surface area (Å²) in [6.07, 6.45) is 2.54. The van der Waals surface area contributed by atoms with E-state index < -0.39 is 6.10 Å². The predicted octanol–water partition coefficient (Wildman–Crippen LogP) is 3.29. The number of imidazole rings is 1. The normalized spacial score (nSPS) is 12.7. The molecule has 0 bridgehead atoms. The van der Waals surface area contributed by atoms with Crippen molar-refractivity contribution in [2.45, 2.75) is 19.6 Å². The van der Waals surface area contributed by atoms with Crippen molar-refractivity contribution in [3.63, 3.8) is 0 Å². The number of hydrogen-bond donors (Lipinski definition) is 1. The zero-order valence-electron chi connectivity index (χ0n) is 9.27. The fraction of sp³-hybridized carbons (Fsp3) is 0.250. The van der Waals surface area contributed by atoms with Crippen molar-refractivity contribution in [2.24, 2.45) is 0 Å². The van der Waals surface area contributed by atoms with Gasteiger partial charge in [-0.05, 0) is 19.1 Å². The van der Waals surface area contributed by atoms with Gasteiger partial charge in [0.25, 0.3) is 0 Å². The molecule has 0 aliphatic carbocycles. The van der Waals surface area contributed by atoms with Crippen LogP contribution in [0.5, 0.6) is 0 Å². The lowest BCUT2D eigenvalue weighted by atomic mass is 10.1. The maximum Gasteiger partial charge on any atom is 0.142 e. The minimum absolute atomic E-state index is 0.440. The summed E-state index contributed by atoms with van der Waals surface area (Å²) < 4.78 is 1.85. The molecule has 90 valence electrons. The molecule has 0 fully saturated rings. The Labute approximate surface area is 110 Å². The fourth-order valence-electron chi connectivity index (χ4n) is 1.74. The first-order chi connectivity index (χ1) is 8.15. The van der Waals surface area contributed by atoms with E-state index in [9.17, 15) is 5.11 Å². The number of halogens is 2. The number of aryl methyl sites for hydroxylation is 1. The molecule has 0 saturated carbocycles. The van der Waals surface area contributed by atoms with Crippen molar-refractivity contribution in [3.05, 3.63) is 52.0 Å². The van der Waals surface area contributed by atoms with Crippen molar-refractivity contribution < 1.29 is 5.11 Å². The predicted molar refractivity (Wildman–Crippen MR) is 68.4 cm³/mol. The van der Waals surface area contributed by atoms with Crippen LogP contribution in [0.3, 0.4) is 0 Å². The summed E-state index contributed by atoms with van der Waals surface area (Å²) in [6.45, 7) is 2.71. The van der Waals surface area contributed by atoms with Crippen LogP contribution in [0.25, 0.3) is 0 Å². The lowest BCUT2D eigenvalue weighted by Gasteiger charge is -2.15. The fourth-order valence-corrected chi connectivity index (χ4v) is 2.34. The van der Waals surface area contributed by atoms with E-state index in [0.29, 0.717) is 21.4 Å². The number of nitrogens with zero attached hydrogens (tertiary/aromatic N) is 2. The molecule has 0 spiro atoms. The minimum atomic E-state index is -0.911. The van der Waals surface area contributed by atoms with Gasteiger partial charge < -0.3 is 9.67 Å². The van der Waals surface area contributed by atoms with E-state index in [4.69, 9.17) is 23.2 Å². The highest BCUT2D eigenvalue weighted by Gasteiger charge is 2.20. The molecule has 5 heteroatoms. The first-order valence-electron chi connectivity index (χ1n) is 5.28. The smallest absolute Gasteiger partial charge is 0.142 e. The van der Waals surface area contributed by atoms with Crippen LogP contribution in [-0.4, -0.2) is 14.7 Å². The zero-order valence-corrected chi connectivity index (χ0v) is 10.8. The second kappa shape index (κ2) is 5.08. The van der Waals surface area contributed by atoms with E-state index in [0.717, 1.165) is 6.54 Å². The molecule has 1 atom stereocenters. The van der Waals surface area contributed by atoms with Gasteiger partial charge >= 0.3 is 0 Å². The molecule has 2 rings (SSSR count). The highest BCUT2D eigenvalue weighted by Crippen LogP contribution is 2.33. The Morgan fingerprint density at radius 1 is 1.35 bits per heavy atom. The first kappa shape index (κ1) is 12.4. The second-order valence-corrected chi connectivity index (χ2v) is 4.42. The highest BCUT2D eigenvalue weighted by atomic mass is 35.5. The molecule has 3 nitrogen and oxygen atoms in total. The molecule has 17 heavy (non-hydrogen) atoms. The number of benzene rings is 1. The first-order valence-corrected chi connectivity index (χ1v) is 6.03. The third kappa shape index (κ3) is 2.32. The van der Waals surface area contributed by atoms with Crippen LogP contribution < -0.4 is 0 Å². The van der Waals surface area contributed by atoms with Crippen molar-refractivity contribution in [2.75, 3.05) is 0 Å². The highest BCUT2D eigenvalue weighted by molar-refractivity contribution is 6.36. The maximum absolute atomic E-state index is 10.3. The van der Waals surface area contributed by atoms with Crippen LogP contribution in [0.1, 0.15) is 24.4 Å². The van der Waals surface area contributed by atoms with E-state index in [1.165, 1.54) is 0 Å². The van der Waals surface area contributed by atoms with Crippen LogP contribution in [0.2, 0.25) is 10.0 Å². The van der Waals surface area contributed by atoms with E-state index in [1.54, 1.807) is 24.4 Å². The van der Waals surface area contributed by atoms with Gasteiger partial charge in [0.2, 0.25) is 0 Å². The standard InChI is InChI=1S/C12H12Cl2N2O/c1-2-16-7-6-15-12(16)11(17)10-8(13)4-3-5-9(10)14/h3-7,11,17H,2H2,1H3. The Balaban J connectivity index is 2.47. The summed E-state index contributed by atoms with van der Waals surface area (Å²) in [6, 6.07) is 5.14. The summed E-state index contributed by atoms with van der Waals surface area (Å²) in [4.78, 5) is 4.14. The van der Waals surface area contributed by atoms with Gasteiger partial charge in [0.1, 0.15) is 11.9 Å². The molecule has 0 radical (unpaired) electrons. The van der Waals surface area contributed by atoms with Crippen LogP contribution in [0.15, 0.2) is 30.6 Å². The Bertz CT molecular complexity index is 505. The molecule has 0 saturated heterocycles. The number of aromatic nitrogens is 2. The van der Waals surface area contributed by atoms with Crippen LogP contribution in [0, 0.1) is 0 Å². The number of aliphatic hydroxyl groups excluding tert-OH is 1. The molecule has 1 aromatic carbocycles. The molecule has 0 aliphatic heterocycles. The van der Waals surface area contributed by atoms with Gasteiger partial charge in [0.15, 0.2) is 0 Å². The average molecular weight is 271 g/mol. The summed E-state index contributed by atoms with van der Waals surface area (Å²) in [5.74, 6) is 0.544. The number of aliphatic hydroxyl groups is 1. The topological polar surface area (TPSA) is 38.0 Å². The molecule has 2 aromatic rings. The summed E-state index contributed by atoms with van der Waals surface area (Å²) >= 11 is 12.1. The SMILES string of the molecule is CCn1ccnc1C(O)c1c(Cl)cccc1Cl. The van der Waals surface area contributed by atoms with Gasteiger partial charge in [-0.1, -0.05) is 29.3 Å². The van der Waals surface area contributed by atoms with Crippen molar-refractivity contribution in [1.29, 1.82) is 0 Å². The number of rotatable bonds is 3. The Morgan fingerprint density at radius 3 is 2.59 bits per heavy atom. The minimum Gasteiger partial charge on any atom is -0.380 e. The quantitative estimate of drug-likeness (QED) is 0.930. The molecular formula is C12H12Cl2N2O. The van der Waals surface area contributed by atoms with Gasteiger partial charge in [0.05, 0.1) is 0 Å². The van der Waals surface area contributed by atoms with Crippen LogP contribution >= 0.6 is 23.2 Å². The zero-order chi connectivity index (χ0) is 12.4. The summed E-state index contributed by atoms with van der Waals surface area (Å²) in [7, 11) is 0. The number of hydrogen-bond acceptors (Lipinski definition) is 2. The van der Waals surface area contributed by atoms with Gasteiger partial charge in [0, 0.05) is 34.5 Å². The summed E-state index contributed by atoms with van der Waals surface area (Å²) in [5, 5.41) is 11.2. The second-order valence-electron chi connectivity index (χ2n) is 3.61. The molecule has 0 amide bonds. The molecule has 1 aromatic heterocycles. The van der Waals surface area contributed by atoms with Crippen molar-refractivity contribution in [1.82, 2.24) is 9.55 Å². The van der Waals surface area contributed by atoms with E-state index >= 15 is 0 Å². The molecular weight excluding hydrogens is 259 g/mol. The van der Waals surface area contributed by atoms with Gasteiger partial charge in [-0.25, -0.2) is 4.98 Å². The van der Waals surface area contributed by atoms with Gasteiger partial charge in [-0.3, -0.25) is 0 Å². The Morgan fingerprint density at radius 2 is 2.00 bits per heavy atom. The Kier molecular flexibility index (Phi) is 3.72. The molecule has 0 aliphatic rings. The largest absolute Gasteiger partial charge is 0.380 e. The molecule has 1 heterocycles. The monoisotopic (exact) mass is 270 g/mol. The molecule has 1 N–H and O–H groups in total. The lowest BCUT2D eigenvalue weighted by molar-refractivity contribution is 0.205. The van der Waals surface area contributed by atoms with E-state index in [-0.39, 0.29) is 0 Å². The van der Waals surface area contributed by atoms with E-state index in [2.05, 4.69) is 4.98 Å². The van der Waals surface area contributed by atoms with Crippen LogP contribution in [0.4, 0.5) is 0 Å². The van der Waals surface area contributed by atoms with Gasteiger partial charge in [-0.2, -0.15) is 0 Å². The average Bonchev–Trinajstić information content (AvgIpc) is 2.76. The van der Waals surface area contributed by atoms with Gasteiger partial charge in [-0.15, -0.1) is 0 Å². The third-order valence-corrected chi connectivity index (χ3v) is 3.27. The lowest BCUT2D eigenvalue weighted by Crippen LogP contribution is -2.09. The third-order valence-electron chi connectivity index (χ3n) is 2.61. The maximum atomic E-state index is 10.3. The molecule has 1 unspecified atom stereocenters. The van der Waals surface area contributed by atoms with E-state index in [1.807, 2.05) is 17.7 Å². The summed E-state index contributed by atoms with van der Waals surface area (Å²) in [5.41, 5.74) is 0.497. The van der Waals surface area contributed by atoms with Crippen LogP contribution in [-0.2, 0) is 6.54 Å². The van der Waals surface area contributed by atoms with Crippen molar-refractivity contribution >= 4 is 23.2 Å².